The van der Waals surface area contributed by atoms with Crippen molar-refractivity contribution in [2.24, 2.45) is 5.73 Å². The number of benzene rings is 1. The van der Waals surface area contributed by atoms with Gasteiger partial charge in [-0.25, -0.2) is 9.37 Å². The highest BCUT2D eigenvalue weighted by Gasteiger charge is 2.44. The van der Waals surface area contributed by atoms with Crippen molar-refractivity contribution in [3.05, 3.63) is 40.5 Å². The van der Waals surface area contributed by atoms with Crippen molar-refractivity contribution in [2.75, 3.05) is 13.6 Å². The minimum Gasteiger partial charge on any atom is -0.384 e. The molecule has 8 nitrogen and oxygen atoms in total. The van der Waals surface area contributed by atoms with E-state index in [1.54, 1.807) is 27.0 Å². The van der Waals surface area contributed by atoms with Crippen LogP contribution in [0.5, 0.6) is 0 Å². The molecule has 1 aromatic heterocycles. The van der Waals surface area contributed by atoms with E-state index in [4.69, 9.17) is 5.73 Å². The van der Waals surface area contributed by atoms with E-state index in [0.29, 0.717) is 23.6 Å². The van der Waals surface area contributed by atoms with Gasteiger partial charge in [-0.05, 0) is 50.3 Å². The SMILES string of the molecule is CN1CCC(O)(C#Cc2cc3c(cc2F)C2CC(C2)n2c-3nc(C(N)=O)c2C(C)(C)O)C1=O. The van der Waals surface area contributed by atoms with Crippen LogP contribution in [0.1, 0.15) is 72.4 Å². The lowest BCUT2D eigenvalue weighted by Crippen LogP contribution is -2.37. The van der Waals surface area contributed by atoms with Crippen LogP contribution in [0, 0.1) is 17.7 Å². The quantitative estimate of drug-likeness (QED) is 0.595. The zero-order chi connectivity index (χ0) is 23.9. The normalized spacial score (nSPS) is 25.5. The third-order valence-electron chi connectivity index (χ3n) is 6.94. The molecule has 2 fully saturated rings. The first-order chi connectivity index (χ1) is 15.4. The summed E-state index contributed by atoms with van der Waals surface area (Å²) in [6.45, 7) is 3.51. The van der Waals surface area contributed by atoms with Gasteiger partial charge in [-0.15, -0.1) is 0 Å². The standard InChI is InChI=1S/C24H25FN4O4/c1-23(2,32)19-18(20(26)30)27-21-16-10-12(4-5-24(33)6-7-28(3)22(24)31)17(25)11-15(16)13-8-14(9-13)29(19)21/h10-11,13-14,32-33H,6-9H2,1-3H3,(H2,26,30). The first-order valence-electron chi connectivity index (χ1n) is 10.9. The molecule has 1 saturated carbocycles. The largest absolute Gasteiger partial charge is 0.384 e. The number of carbonyl (C=O) groups is 2. The van der Waals surface area contributed by atoms with Crippen LogP contribution in [0.3, 0.4) is 0 Å². The number of aromatic nitrogens is 2. The van der Waals surface area contributed by atoms with E-state index in [-0.39, 0.29) is 29.6 Å². The number of primary amides is 1. The fourth-order valence-corrected chi connectivity index (χ4v) is 5.14. The lowest BCUT2D eigenvalue weighted by Gasteiger charge is -2.37. The molecule has 172 valence electrons. The monoisotopic (exact) mass is 452 g/mol. The van der Waals surface area contributed by atoms with Crippen molar-refractivity contribution in [1.29, 1.82) is 0 Å². The van der Waals surface area contributed by atoms with Gasteiger partial charge in [-0.2, -0.15) is 0 Å². The number of imidazole rings is 1. The van der Waals surface area contributed by atoms with E-state index < -0.39 is 28.8 Å². The predicted octanol–water partition coefficient (Wildman–Crippen LogP) is 1.39. The summed E-state index contributed by atoms with van der Waals surface area (Å²) in [7, 11) is 1.58. The van der Waals surface area contributed by atoms with Crippen LogP contribution in [0.2, 0.25) is 0 Å². The number of likely N-dealkylation sites (N-methyl/N-ethyl adjacent to an activating group) is 1. The molecule has 2 amide bonds. The van der Waals surface area contributed by atoms with Gasteiger partial charge in [0.15, 0.2) is 5.69 Å². The lowest BCUT2D eigenvalue weighted by molar-refractivity contribution is -0.137. The van der Waals surface area contributed by atoms with E-state index in [1.807, 2.05) is 4.57 Å². The van der Waals surface area contributed by atoms with Crippen molar-refractivity contribution in [3.63, 3.8) is 0 Å². The van der Waals surface area contributed by atoms with E-state index in [1.165, 1.54) is 11.0 Å². The van der Waals surface area contributed by atoms with Crippen LogP contribution >= 0.6 is 0 Å². The number of hydrogen-bond donors (Lipinski definition) is 3. The highest BCUT2D eigenvalue weighted by molar-refractivity contribution is 5.93. The lowest BCUT2D eigenvalue weighted by atomic mass is 9.75. The summed E-state index contributed by atoms with van der Waals surface area (Å²) in [5, 5.41) is 21.4. The summed E-state index contributed by atoms with van der Waals surface area (Å²) in [5.41, 5.74) is 4.07. The summed E-state index contributed by atoms with van der Waals surface area (Å²) in [6.07, 6.45) is 1.60. The summed E-state index contributed by atoms with van der Waals surface area (Å²) in [5.74, 6) is 3.94. The second-order valence-electron chi connectivity index (χ2n) is 9.75. The van der Waals surface area contributed by atoms with Crippen molar-refractivity contribution >= 4 is 11.8 Å². The summed E-state index contributed by atoms with van der Waals surface area (Å²) in [4.78, 5) is 30.2. The number of aliphatic hydroxyl groups is 2. The molecule has 1 atom stereocenters. The summed E-state index contributed by atoms with van der Waals surface area (Å²) < 4.78 is 16.9. The molecule has 33 heavy (non-hydrogen) atoms. The number of likely N-dealkylation sites (tertiary alicyclic amines) is 1. The van der Waals surface area contributed by atoms with Crippen LogP contribution in [-0.2, 0) is 10.4 Å². The molecule has 6 rings (SSSR count). The number of nitrogens with zero attached hydrogens (tertiary/aromatic N) is 3. The van der Waals surface area contributed by atoms with Gasteiger partial charge in [0.05, 0.1) is 11.3 Å². The van der Waals surface area contributed by atoms with Crippen LogP contribution in [-0.4, -0.2) is 55.7 Å². The van der Waals surface area contributed by atoms with E-state index >= 15 is 4.39 Å². The van der Waals surface area contributed by atoms with Gasteiger partial charge in [-0.1, -0.05) is 11.8 Å². The Morgan fingerprint density at radius 1 is 1.36 bits per heavy atom. The molecule has 1 unspecified atom stereocenters. The molecule has 2 bridgehead atoms. The Morgan fingerprint density at radius 2 is 2.06 bits per heavy atom. The van der Waals surface area contributed by atoms with Gasteiger partial charge < -0.3 is 25.4 Å². The number of amides is 2. The number of halogens is 1. The average molecular weight is 452 g/mol. The Hall–Kier alpha value is -3.22. The summed E-state index contributed by atoms with van der Waals surface area (Å²) in [6, 6.07) is 2.97. The van der Waals surface area contributed by atoms with Crippen molar-refractivity contribution in [3.8, 4) is 23.2 Å². The first-order valence-corrected chi connectivity index (χ1v) is 10.9. The molecule has 0 radical (unpaired) electrons. The second-order valence-corrected chi connectivity index (χ2v) is 9.75. The molecule has 2 aromatic rings. The highest BCUT2D eigenvalue weighted by atomic mass is 19.1. The molecular weight excluding hydrogens is 427 g/mol. The molecular formula is C24H25FN4O4. The molecule has 3 aliphatic heterocycles. The minimum absolute atomic E-state index is 0.00405. The fourth-order valence-electron chi connectivity index (χ4n) is 5.14. The third-order valence-corrected chi connectivity index (χ3v) is 6.94. The zero-order valence-electron chi connectivity index (χ0n) is 18.6. The van der Waals surface area contributed by atoms with Crippen molar-refractivity contribution in [2.45, 2.75) is 56.3 Å². The van der Waals surface area contributed by atoms with E-state index in [9.17, 15) is 19.8 Å². The Bertz CT molecular complexity index is 1280. The maximum atomic E-state index is 15.0. The molecule has 1 aromatic carbocycles. The zero-order valence-corrected chi connectivity index (χ0v) is 18.6. The van der Waals surface area contributed by atoms with Crippen molar-refractivity contribution in [1.82, 2.24) is 14.5 Å². The van der Waals surface area contributed by atoms with Crippen molar-refractivity contribution < 1.29 is 24.2 Å². The second kappa shape index (κ2) is 6.89. The molecule has 4 aliphatic rings. The van der Waals surface area contributed by atoms with Crippen LogP contribution in [0.4, 0.5) is 4.39 Å². The molecule has 1 saturated heterocycles. The van der Waals surface area contributed by atoms with Gasteiger partial charge in [0.2, 0.25) is 5.60 Å². The fraction of sp³-hybridized carbons (Fsp3) is 0.458. The van der Waals surface area contributed by atoms with Gasteiger partial charge in [0.1, 0.15) is 17.2 Å². The molecule has 4 N–H and O–H groups in total. The van der Waals surface area contributed by atoms with E-state index in [0.717, 1.165) is 18.4 Å². The Morgan fingerprint density at radius 3 is 2.64 bits per heavy atom. The number of carbonyl (C=O) groups excluding carboxylic acids is 2. The minimum atomic E-state index is -1.85. The number of rotatable bonds is 2. The topological polar surface area (TPSA) is 122 Å². The van der Waals surface area contributed by atoms with Gasteiger partial charge in [0, 0.05) is 31.6 Å². The molecule has 9 heteroatoms. The summed E-state index contributed by atoms with van der Waals surface area (Å²) >= 11 is 0. The molecule has 0 spiro atoms. The maximum Gasteiger partial charge on any atom is 0.269 e. The van der Waals surface area contributed by atoms with Crippen LogP contribution in [0.25, 0.3) is 11.4 Å². The number of nitrogens with two attached hydrogens (primary N) is 1. The first kappa shape index (κ1) is 21.6. The van der Waals surface area contributed by atoms with Gasteiger partial charge in [0.25, 0.3) is 11.8 Å². The Balaban J connectivity index is 1.69. The average Bonchev–Trinajstić information content (AvgIpc) is 3.13. The smallest absolute Gasteiger partial charge is 0.269 e. The molecule has 1 aliphatic carbocycles. The Kier molecular flexibility index (Phi) is 4.51. The van der Waals surface area contributed by atoms with Gasteiger partial charge in [-0.3, -0.25) is 9.59 Å². The maximum absolute atomic E-state index is 15.0. The van der Waals surface area contributed by atoms with E-state index in [2.05, 4.69) is 16.8 Å². The predicted molar refractivity (Wildman–Crippen MR) is 116 cm³/mol. The highest BCUT2D eigenvalue weighted by Crippen LogP contribution is 2.54. The third kappa shape index (κ3) is 3.16. The molecule has 4 heterocycles. The van der Waals surface area contributed by atoms with Crippen LogP contribution < -0.4 is 5.73 Å². The number of hydrogen-bond acceptors (Lipinski definition) is 5. The van der Waals surface area contributed by atoms with Gasteiger partial charge >= 0.3 is 0 Å². The van der Waals surface area contributed by atoms with Crippen LogP contribution in [0.15, 0.2) is 12.1 Å². The Labute approximate surface area is 190 Å².